The van der Waals surface area contributed by atoms with Crippen molar-refractivity contribution in [3.05, 3.63) is 0 Å². The summed E-state index contributed by atoms with van der Waals surface area (Å²) in [5.41, 5.74) is 0. The molecule has 3 heteroatoms. The molecule has 0 spiro atoms. The number of nitrogens with zero attached hydrogens (tertiary/aromatic N) is 1. The predicted octanol–water partition coefficient (Wildman–Crippen LogP) is 1.10. The smallest absolute Gasteiger partial charge is 0.0617 e. The van der Waals surface area contributed by atoms with Gasteiger partial charge in [-0.1, -0.05) is 6.92 Å². The number of hydrogen-bond acceptors (Lipinski definition) is 3. The quantitative estimate of drug-likeness (QED) is 0.719. The summed E-state index contributed by atoms with van der Waals surface area (Å²) in [7, 11) is 3.86. The van der Waals surface area contributed by atoms with E-state index in [9.17, 15) is 0 Å². The van der Waals surface area contributed by atoms with Gasteiger partial charge in [0.25, 0.3) is 0 Å². The number of methoxy groups -OCH3 is 1. The number of likely N-dealkylation sites (tertiary alicyclic amines) is 1. The standard InChI is InChI=1S/C11H24N2O/c1-4-11(9-14-3)13-7-5-10(12-2)6-8-13/h10-12H,4-9H2,1-3H3. The summed E-state index contributed by atoms with van der Waals surface area (Å²) in [6.07, 6.45) is 3.74. The van der Waals surface area contributed by atoms with Crippen molar-refractivity contribution < 1.29 is 4.74 Å². The average Bonchev–Trinajstić information content (AvgIpc) is 2.26. The van der Waals surface area contributed by atoms with Crippen molar-refractivity contribution in [2.45, 2.75) is 38.3 Å². The third kappa shape index (κ3) is 3.23. The molecule has 1 aliphatic heterocycles. The van der Waals surface area contributed by atoms with Crippen LogP contribution in [0.1, 0.15) is 26.2 Å². The molecular weight excluding hydrogens is 176 g/mol. The molecule has 1 heterocycles. The van der Waals surface area contributed by atoms with Gasteiger partial charge in [0.2, 0.25) is 0 Å². The van der Waals surface area contributed by atoms with Crippen molar-refractivity contribution in [1.29, 1.82) is 0 Å². The van der Waals surface area contributed by atoms with Crippen LogP contribution in [0.3, 0.4) is 0 Å². The first-order valence-electron chi connectivity index (χ1n) is 5.72. The summed E-state index contributed by atoms with van der Waals surface area (Å²) in [6, 6.07) is 1.35. The summed E-state index contributed by atoms with van der Waals surface area (Å²) in [5.74, 6) is 0. The van der Waals surface area contributed by atoms with E-state index in [0.717, 1.165) is 12.6 Å². The first-order valence-corrected chi connectivity index (χ1v) is 5.72. The Morgan fingerprint density at radius 1 is 1.43 bits per heavy atom. The van der Waals surface area contributed by atoms with Gasteiger partial charge in [-0.25, -0.2) is 0 Å². The van der Waals surface area contributed by atoms with Gasteiger partial charge < -0.3 is 10.1 Å². The summed E-state index contributed by atoms with van der Waals surface area (Å²) in [5, 5.41) is 3.36. The predicted molar refractivity (Wildman–Crippen MR) is 59.6 cm³/mol. The topological polar surface area (TPSA) is 24.5 Å². The highest BCUT2D eigenvalue weighted by molar-refractivity contribution is 4.80. The van der Waals surface area contributed by atoms with Crippen LogP contribution in [-0.4, -0.2) is 50.8 Å². The molecule has 0 aliphatic carbocycles. The van der Waals surface area contributed by atoms with E-state index < -0.39 is 0 Å². The zero-order chi connectivity index (χ0) is 10.4. The van der Waals surface area contributed by atoms with E-state index in [4.69, 9.17) is 4.74 Å². The van der Waals surface area contributed by atoms with Crippen LogP contribution in [0.2, 0.25) is 0 Å². The van der Waals surface area contributed by atoms with E-state index in [1.807, 2.05) is 0 Å². The lowest BCUT2D eigenvalue weighted by atomic mass is 10.0. The third-order valence-electron chi connectivity index (χ3n) is 3.28. The molecule has 0 amide bonds. The summed E-state index contributed by atoms with van der Waals surface area (Å²) >= 11 is 0. The molecule has 84 valence electrons. The van der Waals surface area contributed by atoms with Crippen molar-refractivity contribution in [3.63, 3.8) is 0 Å². The van der Waals surface area contributed by atoms with E-state index >= 15 is 0 Å². The highest BCUT2D eigenvalue weighted by atomic mass is 16.5. The Balaban J connectivity index is 2.31. The van der Waals surface area contributed by atoms with Crippen LogP contribution < -0.4 is 5.32 Å². The fourth-order valence-electron chi connectivity index (χ4n) is 2.23. The number of hydrogen-bond donors (Lipinski definition) is 1. The minimum absolute atomic E-state index is 0.623. The molecule has 1 N–H and O–H groups in total. The minimum Gasteiger partial charge on any atom is -0.383 e. The van der Waals surface area contributed by atoms with Crippen LogP contribution in [-0.2, 0) is 4.74 Å². The molecule has 0 aromatic rings. The largest absolute Gasteiger partial charge is 0.383 e. The molecule has 1 rings (SSSR count). The molecule has 0 bridgehead atoms. The van der Waals surface area contributed by atoms with Gasteiger partial charge in [0.15, 0.2) is 0 Å². The average molecular weight is 200 g/mol. The van der Waals surface area contributed by atoms with Crippen LogP contribution in [0, 0.1) is 0 Å². The lowest BCUT2D eigenvalue weighted by Gasteiger charge is -2.36. The molecule has 3 nitrogen and oxygen atoms in total. The maximum Gasteiger partial charge on any atom is 0.0617 e. The van der Waals surface area contributed by atoms with Gasteiger partial charge in [-0.05, 0) is 26.3 Å². The Kier molecular flexibility index (Phi) is 5.45. The van der Waals surface area contributed by atoms with Gasteiger partial charge in [-0.3, -0.25) is 4.90 Å². The molecule has 1 saturated heterocycles. The second-order valence-electron chi connectivity index (χ2n) is 4.12. The normalized spacial score (nSPS) is 22.5. The van der Waals surface area contributed by atoms with Crippen molar-refractivity contribution >= 4 is 0 Å². The molecule has 0 aromatic carbocycles. The van der Waals surface area contributed by atoms with Crippen LogP contribution in [0.25, 0.3) is 0 Å². The number of rotatable bonds is 5. The van der Waals surface area contributed by atoms with Crippen molar-refractivity contribution in [2.24, 2.45) is 0 Å². The molecule has 1 atom stereocenters. The van der Waals surface area contributed by atoms with Gasteiger partial charge in [0.05, 0.1) is 6.61 Å². The van der Waals surface area contributed by atoms with Crippen LogP contribution in [0.5, 0.6) is 0 Å². The van der Waals surface area contributed by atoms with E-state index in [-0.39, 0.29) is 0 Å². The second kappa shape index (κ2) is 6.38. The molecular formula is C11H24N2O. The lowest BCUT2D eigenvalue weighted by molar-refractivity contribution is 0.0685. The maximum atomic E-state index is 5.24. The molecule has 0 aromatic heterocycles. The van der Waals surface area contributed by atoms with Crippen molar-refractivity contribution in [1.82, 2.24) is 10.2 Å². The van der Waals surface area contributed by atoms with Crippen LogP contribution in [0.15, 0.2) is 0 Å². The molecule has 0 radical (unpaired) electrons. The SMILES string of the molecule is CCC(COC)N1CCC(NC)CC1. The van der Waals surface area contributed by atoms with Crippen molar-refractivity contribution in [3.8, 4) is 0 Å². The van der Waals surface area contributed by atoms with Crippen LogP contribution >= 0.6 is 0 Å². The fraction of sp³-hybridized carbons (Fsp3) is 1.00. The first-order chi connectivity index (χ1) is 6.81. The van der Waals surface area contributed by atoms with Gasteiger partial charge in [-0.15, -0.1) is 0 Å². The molecule has 1 unspecified atom stereocenters. The monoisotopic (exact) mass is 200 g/mol. The van der Waals surface area contributed by atoms with Gasteiger partial charge in [0.1, 0.15) is 0 Å². The lowest BCUT2D eigenvalue weighted by Crippen LogP contribution is -2.47. The first kappa shape index (κ1) is 12.0. The van der Waals surface area contributed by atoms with E-state index in [2.05, 4.69) is 24.2 Å². The molecule has 1 fully saturated rings. The van der Waals surface area contributed by atoms with E-state index in [1.54, 1.807) is 7.11 Å². The number of nitrogens with one attached hydrogen (secondary N) is 1. The van der Waals surface area contributed by atoms with Crippen molar-refractivity contribution in [2.75, 3.05) is 33.9 Å². The molecule has 1 aliphatic rings. The molecule has 0 saturated carbocycles. The minimum atomic E-state index is 0.623. The van der Waals surface area contributed by atoms with Crippen LogP contribution in [0.4, 0.5) is 0 Å². The number of piperidine rings is 1. The fourth-order valence-corrected chi connectivity index (χ4v) is 2.23. The van der Waals surface area contributed by atoms with Gasteiger partial charge in [-0.2, -0.15) is 0 Å². The number of ether oxygens (including phenoxy) is 1. The Bertz CT molecular complexity index is 144. The summed E-state index contributed by atoms with van der Waals surface area (Å²) in [6.45, 7) is 5.55. The Morgan fingerprint density at radius 2 is 2.07 bits per heavy atom. The van der Waals surface area contributed by atoms with Gasteiger partial charge >= 0.3 is 0 Å². The highest BCUT2D eigenvalue weighted by Gasteiger charge is 2.22. The van der Waals surface area contributed by atoms with Gasteiger partial charge in [0, 0.05) is 32.3 Å². The highest BCUT2D eigenvalue weighted by Crippen LogP contribution is 2.14. The Labute approximate surface area is 87.8 Å². The summed E-state index contributed by atoms with van der Waals surface area (Å²) < 4.78 is 5.24. The van der Waals surface area contributed by atoms with E-state index in [1.165, 1.54) is 32.4 Å². The molecule has 14 heavy (non-hydrogen) atoms. The van der Waals surface area contributed by atoms with E-state index in [0.29, 0.717) is 6.04 Å². The zero-order valence-electron chi connectivity index (χ0n) is 9.75. The summed E-state index contributed by atoms with van der Waals surface area (Å²) in [4.78, 5) is 2.57. The zero-order valence-corrected chi connectivity index (χ0v) is 9.75. The third-order valence-corrected chi connectivity index (χ3v) is 3.28. The maximum absolute atomic E-state index is 5.24. The Morgan fingerprint density at radius 3 is 2.50 bits per heavy atom. The second-order valence-corrected chi connectivity index (χ2v) is 4.12. The Hall–Kier alpha value is -0.120.